The molecule has 0 bridgehead atoms. The number of hydrogen-bond donors (Lipinski definition) is 1. The molecule has 0 saturated carbocycles. The van der Waals surface area contributed by atoms with Crippen molar-refractivity contribution in [1.29, 1.82) is 0 Å². The third-order valence-corrected chi connectivity index (χ3v) is 2.78. The predicted molar refractivity (Wildman–Crippen MR) is 64.1 cm³/mol. The molecule has 1 saturated heterocycles. The second-order valence-electron chi connectivity index (χ2n) is 4.50. The van der Waals surface area contributed by atoms with Crippen LogP contribution in [0.4, 0.5) is 0 Å². The quantitative estimate of drug-likeness (QED) is 0.694. The van der Waals surface area contributed by atoms with Gasteiger partial charge in [0.25, 0.3) is 0 Å². The van der Waals surface area contributed by atoms with Crippen molar-refractivity contribution in [3.8, 4) is 0 Å². The second-order valence-corrected chi connectivity index (χ2v) is 4.50. The van der Waals surface area contributed by atoms with Gasteiger partial charge in [0, 0.05) is 19.1 Å². The molecule has 1 aliphatic rings. The van der Waals surface area contributed by atoms with Crippen molar-refractivity contribution in [1.82, 2.24) is 10.2 Å². The Labute approximate surface area is 93.5 Å². The summed E-state index contributed by atoms with van der Waals surface area (Å²) in [6.07, 6.45) is 1.31. The maximum Gasteiger partial charge on any atom is 0.0858 e. The number of hydrogen-bond acceptors (Lipinski definition) is 3. The molecule has 0 aromatic heterocycles. The highest BCUT2D eigenvalue weighted by molar-refractivity contribution is 4.96. The predicted octanol–water partition coefficient (Wildman–Crippen LogP) is 1.26. The molecule has 0 aliphatic carbocycles. The molecule has 3 heteroatoms. The van der Waals surface area contributed by atoms with Crippen molar-refractivity contribution in [3.63, 3.8) is 0 Å². The smallest absolute Gasteiger partial charge is 0.0858 e. The van der Waals surface area contributed by atoms with Gasteiger partial charge in [0.05, 0.1) is 12.7 Å². The van der Waals surface area contributed by atoms with Gasteiger partial charge < -0.3 is 15.0 Å². The molecule has 3 nitrogen and oxygen atoms in total. The van der Waals surface area contributed by atoms with Gasteiger partial charge in [0.15, 0.2) is 0 Å². The van der Waals surface area contributed by atoms with E-state index in [1.165, 1.54) is 5.57 Å². The standard InChI is InChI=1S/C12H24N2O/c1-5-13-11(8-10(2)3)12-9-14(4)6-7-15-12/h11-13H,2,5-9H2,1,3-4H3. The maximum absolute atomic E-state index is 5.82. The Hall–Kier alpha value is -0.380. The molecule has 1 fully saturated rings. The van der Waals surface area contributed by atoms with E-state index in [1.807, 2.05) is 0 Å². The Morgan fingerprint density at radius 1 is 1.67 bits per heavy atom. The van der Waals surface area contributed by atoms with Crippen LogP contribution in [0.15, 0.2) is 12.2 Å². The minimum atomic E-state index is 0.306. The van der Waals surface area contributed by atoms with E-state index in [-0.39, 0.29) is 0 Å². The molecule has 2 unspecified atom stereocenters. The first-order valence-electron chi connectivity index (χ1n) is 5.81. The zero-order chi connectivity index (χ0) is 11.3. The van der Waals surface area contributed by atoms with E-state index in [0.29, 0.717) is 12.1 Å². The van der Waals surface area contributed by atoms with Crippen LogP contribution in [0.5, 0.6) is 0 Å². The SMILES string of the molecule is C=C(C)CC(NCC)C1CN(C)CCO1. The topological polar surface area (TPSA) is 24.5 Å². The van der Waals surface area contributed by atoms with E-state index in [0.717, 1.165) is 32.7 Å². The Morgan fingerprint density at radius 3 is 2.93 bits per heavy atom. The lowest BCUT2D eigenvalue weighted by atomic mass is 10.0. The van der Waals surface area contributed by atoms with E-state index in [9.17, 15) is 0 Å². The monoisotopic (exact) mass is 212 g/mol. The molecule has 1 heterocycles. The minimum Gasteiger partial charge on any atom is -0.374 e. The third kappa shape index (κ3) is 4.33. The van der Waals surface area contributed by atoms with Gasteiger partial charge in [-0.25, -0.2) is 0 Å². The van der Waals surface area contributed by atoms with Gasteiger partial charge in [-0.15, -0.1) is 6.58 Å². The lowest BCUT2D eigenvalue weighted by Gasteiger charge is -2.35. The normalized spacial score (nSPS) is 25.1. The summed E-state index contributed by atoms with van der Waals surface area (Å²) in [5, 5.41) is 3.49. The van der Waals surface area contributed by atoms with Crippen molar-refractivity contribution in [2.45, 2.75) is 32.4 Å². The molecule has 0 aromatic carbocycles. The van der Waals surface area contributed by atoms with Crippen LogP contribution in [0.3, 0.4) is 0 Å². The number of morpholine rings is 1. The molecular weight excluding hydrogens is 188 g/mol. The van der Waals surface area contributed by atoms with Crippen molar-refractivity contribution < 1.29 is 4.74 Å². The van der Waals surface area contributed by atoms with Crippen LogP contribution in [0.2, 0.25) is 0 Å². The summed E-state index contributed by atoms with van der Waals surface area (Å²) >= 11 is 0. The Bertz CT molecular complexity index is 206. The largest absolute Gasteiger partial charge is 0.374 e. The molecule has 0 spiro atoms. The summed E-state index contributed by atoms with van der Waals surface area (Å²) in [5.41, 5.74) is 1.22. The van der Waals surface area contributed by atoms with Crippen molar-refractivity contribution in [3.05, 3.63) is 12.2 Å². The average Bonchev–Trinajstić information content (AvgIpc) is 2.16. The Balaban J connectivity index is 2.49. The summed E-state index contributed by atoms with van der Waals surface area (Å²) in [5.74, 6) is 0. The molecule has 0 aromatic rings. The van der Waals surface area contributed by atoms with Crippen molar-refractivity contribution >= 4 is 0 Å². The zero-order valence-electron chi connectivity index (χ0n) is 10.3. The lowest BCUT2D eigenvalue weighted by molar-refractivity contribution is -0.0381. The highest BCUT2D eigenvalue weighted by Crippen LogP contribution is 2.13. The van der Waals surface area contributed by atoms with Crippen LogP contribution < -0.4 is 5.32 Å². The van der Waals surface area contributed by atoms with Crippen LogP contribution in [-0.2, 0) is 4.74 Å². The summed E-state index contributed by atoms with van der Waals surface area (Å²) < 4.78 is 5.82. The molecule has 2 atom stereocenters. The summed E-state index contributed by atoms with van der Waals surface area (Å²) in [7, 11) is 2.15. The van der Waals surface area contributed by atoms with Gasteiger partial charge in [-0.2, -0.15) is 0 Å². The van der Waals surface area contributed by atoms with Crippen LogP contribution in [0.1, 0.15) is 20.3 Å². The van der Waals surface area contributed by atoms with E-state index < -0.39 is 0 Å². The van der Waals surface area contributed by atoms with E-state index in [2.05, 4.69) is 37.7 Å². The first-order chi connectivity index (χ1) is 7.13. The number of ether oxygens (including phenoxy) is 1. The van der Waals surface area contributed by atoms with E-state index in [1.54, 1.807) is 0 Å². The minimum absolute atomic E-state index is 0.306. The summed E-state index contributed by atoms with van der Waals surface area (Å²) in [6, 6.07) is 0.412. The first kappa shape index (κ1) is 12.7. The van der Waals surface area contributed by atoms with Crippen LogP contribution in [0, 0.1) is 0 Å². The molecule has 1 N–H and O–H groups in total. The highest BCUT2D eigenvalue weighted by Gasteiger charge is 2.25. The van der Waals surface area contributed by atoms with Gasteiger partial charge >= 0.3 is 0 Å². The number of rotatable bonds is 5. The fourth-order valence-corrected chi connectivity index (χ4v) is 2.03. The van der Waals surface area contributed by atoms with Gasteiger partial charge in [-0.1, -0.05) is 12.5 Å². The van der Waals surface area contributed by atoms with Gasteiger partial charge in [0.1, 0.15) is 0 Å². The van der Waals surface area contributed by atoms with Gasteiger partial charge in [0.2, 0.25) is 0 Å². The van der Waals surface area contributed by atoms with Crippen LogP contribution in [-0.4, -0.2) is 50.3 Å². The molecule has 1 aliphatic heterocycles. The average molecular weight is 212 g/mol. The summed E-state index contributed by atoms with van der Waals surface area (Å²) in [6.45, 7) is 12.1. The lowest BCUT2D eigenvalue weighted by Crippen LogP contribution is -2.51. The molecule has 15 heavy (non-hydrogen) atoms. The van der Waals surface area contributed by atoms with E-state index >= 15 is 0 Å². The highest BCUT2D eigenvalue weighted by atomic mass is 16.5. The van der Waals surface area contributed by atoms with Crippen molar-refractivity contribution in [2.75, 3.05) is 33.3 Å². The van der Waals surface area contributed by atoms with Gasteiger partial charge in [-0.3, -0.25) is 0 Å². The third-order valence-electron chi connectivity index (χ3n) is 2.78. The van der Waals surface area contributed by atoms with Crippen LogP contribution >= 0.6 is 0 Å². The Morgan fingerprint density at radius 2 is 2.40 bits per heavy atom. The fraction of sp³-hybridized carbons (Fsp3) is 0.833. The van der Waals surface area contributed by atoms with Crippen LogP contribution in [0.25, 0.3) is 0 Å². The second kappa shape index (κ2) is 6.26. The van der Waals surface area contributed by atoms with Gasteiger partial charge in [-0.05, 0) is 26.9 Å². The van der Waals surface area contributed by atoms with E-state index in [4.69, 9.17) is 4.74 Å². The molecule has 0 amide bonds. The number of nitrogens with one attached hydrogen (secondary N) is 1. The number of nitrogens with zero attached hydrogens (tertiary/aromatic N) is 1. The molecule has 1 rings (SSSR count). The zero-order valence-corrected chi connectivity index (χ0v) is 10.3. The molecule has 0 radical (unpaired) electrons. The summed E-state index contributed by atoms with van der Waals surface area (Å²) in [4.78, 5) is 2.33. The fourth-order valence-electron chi connectivity index (χ4n) is 2.03. The molecule has 88 valence electrons. The first-order valence-corrected chi connectivity index (χ1v) is 5.81. The molecular formula is C12H24N2O. The van der Waals surface area contributed by atoms with Crippen molar-refractivity contribution in [2.24, 2.45) is 0 Å². The maximum atomic E-state index is 5.82. The number of likely N-dealkylation sites (N-methyl/N-ethyl adjacent to an activating group) is 2. The Kier molecular flexibility index (Phi) is 5.29.